The Morgan fingerprint density at radius 3 is 2.37 bits per heavy atom. The Kier molecular flexibility index (Phi) is 5.63. The van der Waals surface area contributed by atoms with E-state index in [9.17, 15) is 5.11 Å². The molecule has 0 aliphatic carbocycles. The zero-order valence-corrected chi connectivity index (χ0v) is 12.5. The molecule has 0 fully saturated rings. The topological polar surface area (TPSA) is 50.7 Å². The third-order valence-electron chi connectivity index (χ3n) is 2.87. The molecule has 0 heterocycles. The number of benzene rings is 1. The number of hydrogen-bond donors (Lipinski definition) is 2. The summed E-state index contributed by atoms with van der Waals surface area (Å²) in [6.45, 7) is 6.26. The van der Waals surface area contributed by atoms with Crippen LogP contribution in [0, 0.1) is 0 Å². The first-order valence-corrected chi connectivity index (χ1v) is 6.52. The predicted octanol–water partition coefficient (Wildman–Crippen LogP) is 2.00. The largest absolute Gasteiger partial charge is 0.493 e. The fourth-order valence-corrected chi connectivity index (χ4v) is 1.86. The second kappa shape index (κ2) is 6.78. The lowest BCUT2D eigenvalue weighted by molar-refractivity contribution is 0.0770. The molecule has 0 amide bonds. The number of hydrogen-bond acceptors (Lipinski definition) is 4. The van der Waals surface area contributed by atoms with Crippen molar-refractivity contribution in [3.05, 3.63) is 23.8 Å². The van der Waals surface area contributed by atoms with Crippen LogP contribution in [0.4, 0.5) is 0 Å². The summed E-state index contributed by atoms with van der Waals surface area (Å²) in [6, 6.07) is 6.21. The van der Waals surface area contributed by atoms with E-state index in [0.717, 1.165) is 17.9 Å². The Bertz CT molecular complexity index is 399. The summed E-state index contributed by atoms with van der Waals surface area (Å²) in [5.41, 5.74) is 0.486. The van der Waals surface area contributed by atoms with Crippen LogP contribution in [-0.4, -0.2) is 37.5 Å². The normalized spacial score (nSPS) is 13.2. The molecule has 108 valence electrons. The van der Waals surface area contributed by atoms with Gasteiger partial charge in [0.25, 0.3) is 0 Å². The maximum Gasteiger partial charge on any atom is 0.160 e. The van der Waals surface area contributed by atoms with E-state index < -0.39 is 5.60 Å². The maximum atomic E-state index is 9.68. The molecule has 1 rings (SSSR count). The molecule has 4 nitrogen and oxygen atoms in total. The Hall–Kier alpha value is -1.26. The highest BCUT2D eigenvalue weighted by molar-refractivity contribution is 5.43. The quantitative estimate of drug-likeness (QED) is 0.793. The van der Waals surface area contributed by atoms with Crippen molar-refractivity contribution in [3.63, 3.8) is 0 Å². The van der Waals surface area contributed by atoms with Crippen LogP contribution in [0.25, 0.3) is 0 Å². The zero-order valence-electron chi connectivity index (χ0n) is 12.5. The second-order valence-electron chi connectivity index (χ2n) is 5.49. The Morgan fingerprint density at radius 1 is 1.21 bits per heavy atom. The van der Waals surface area contributed by atoms with E-state index in [1.807, 2.05) is 18.2 Å². The third kappa shape index (κ3) is 5.49. The monoisotopic (exact) mass is 267 g/mol. The van der Waals surface area contributed by atoms with Crippen molar-refractivity contribution in [1.82, 2.24) is 5.32 Å². The zero-order chi connectivity index (χ0) is 14.5. The van der Waals surface area contributed by atoms with Gasteiger partial charge in [0.15, 0.2) is 11.5 Å². The van der Waals surface area contributed by atoms with Crippen molar-refractivity contribution >= 4 is 0 Å². The molecule has 1 atom stereocenters. The third-order valence-corrected chi connectivity index (χ3v) is 2.87. The van der Waals surface area contributed by atoms with Gasteiger partial charge in [-0.2, -0.15) is 0 Å². The number of ether oxygens (including phenoxy) is 2. The summed E-state index contributed by atoms with van der Waals surface area (Å²) in [4.78, 5) is 0. The van der Waals surface area contributed by atoms with Crippen LogP contribution in [-0.2, 0) is 6.42 Å². The van der Waals surface area contributed by atoms with Gasteiger partial charge in [0.1, 0.15) is 0 Å². The van der Waals surface area contributed by atoms with Crippen LogP contribution in [0.2, 0.25) is 0 Å². The number of methoxy groups -OCH3 is 2. The molecule has 1 unspecified atom stereocenters. The summed E-state index contributed by atoms with van der Waals surface area (Å²) in [5.74, 6) is 1.48. The molecule has 0 aliphatic rings. The molecule has 0 aliphatic heterocycles. The van der Waals surface area contributed by atoms with Crippen LogP contribution in [0.5, 0.6) is 11.5 Å². The van der Waals surface area contributed by atoms with Gasteiger partial charge in [-0.05, 0) is 44.9 Å². The van der Waals surface area contributed by atoms with Gasteiger partial charge in [0.05, 0.1) is 19.8 Å². The molecular weight excluding hydrogens is 242 g/mol. The van der Waals surface area contributed by atoms with Gasteiger partial charge < -0.3 is 19.9 Å². The first-order chi connectivity index (χ1) is 8.85. The molecule has 4 heteroatoms. The molecule has 2 N–H and O–H groups in total. The highest BCUT2D eigenvalue weighted by Crippen LogP contribution is 2.27. The van der Waals surface area contributed by atoms with Gasteiger partial charge in [-0.3, -0.25) is 0 Å². The van der Waals surface area contributed by atoms with Gasteiger partial charge in [-0.25, -0.2) is 0 Å². The van der Waals surface area contributed by atoms with E-state index in [0.29, 0.717) is 6.54 Å². The predicted molar refractivity (Wildman–Crippen MR) is 77.0 cm³/mol. The molecule has 0 saturated heterocycles. The number of aliphatic hydroxyl groups is 1. The Morgan fingerprint density at radius 2 is 1.84 bits per heavy atom. The van der Waals surface area contributed by atoms with E-state index in [1.54, 1.807) is 28.1 Å². The number of nitrogens with one attached hydrogen (secondary N) is 1. The van der Waals surface area contributed by atoms with Crippen LogP contribution in [0.1, 0.15) is 26.3 Å². The lowest BCUT2D eigenvalue weighted by Gasteiger charge is -2.22. The fraction of sp³-hybridized carbons (Fsp3) is 0.600. The van der Waals surface area contributed by atoms with Crippen molar-refractivity contribution in [2.75, 3.05) is 20.8 Å². The van der Waals surface area contributed by atoms with Gasteiger partial charge in [0, 0.05) is 12.6 Å². The first-order valence-electron chi connectivity index (χ1n) is 6.52. The molecule has 0 spiro atoms. The molecule has 0 saturated carbocycles. The van der Waals surface area contributed by atoms with E-state index in [1.165, 1.54) is 5.56 Å². The van der Waals surface area contributed by atoms with Gasteiger partial charge in [0.2, 0.25) is 0 Å². The average molecular weight is 267 g/mol. The molecule has 19 heavy (non-hydrogen) atoms. The minimum atomic E-state index is -0.689. The Balaban J connectivity index is 2.61. The summed E-state index contributed by atoms with van der Waals surface area (Å²) >= 11 is 0. The Labute approximate surface area is 115 Å². The van der Waals surface area contributed by atoms with Gasteiger partial charge in [-0.15, -0.1) is 0 Å². The molecule has 1 aromatic carbocycles. The van der Waals surface area contributed by atoms with E-state index >= 15 is 0 Å². The highest BCUT2D eigenvalue weighted by Gasteiger charge is 2.14. The SMILES string of the molecule is COc1ccc(CC(C)NCC(C)(C)O)cc1OC. The minimum Gasteiger partial charge on any atom is -0.493 e. The second-order valence-corrected chi connectivity index (χ2v) is 5.49. The van der Waals surface area contributed by atoms with E-state index in [-0.39, 0.29) is 6.04 Å². The van der Waals surface area contributed by atoms with Crippen molar-refractivity contribution in [3.8, 4) is 11.5 Å². The van der Waals surface area contributed by atoms with E-state index in [2.05, 4.69) is 12.2 Å². The summed E-state index contributed by atoms with van der Waals surface area (Å²) in [6.07, 6.45) is 0.871. The van der Waals surface area contributed by atoms with Crippen molar-refractivity contribution in [1.29, 1.82) is 0 Å². The van der Waals surface area contributed by atoms with Crippen LogP contribution in [0.3, 0.4) is 0 Å². The first kappa shape index (κ1) is 15.8. The molecule has 1 aromatic rings. The summed E-state index contributed by atoms with van der Waals surface area (Å²) in [7, 11) is 3.27. The minimum absolute atomic E-state index is 0.282. The standard InChI is InChI=1S/C15H25NO3/c1-11(16-10-15(2,3)17)8-12-6-7-13(18-4)14(9-12)19-5/h6-7,9,11,16-17H,8,10H2,1-5H3. The number of rotatable bonds is 7. The lowest BCUT2D eigenvalue weighted by Crippen LogP contribution is -2.40. The highest BCUT2D eigenvalue weighted by atomic mass is 16.5. The van der Waals surface area contributed by atoms with E-state index in [4.69, 9.17) is 9.47 Å². The summed E-state index contributed by atoms with van der Waals surface area (Å²) < 4.78 is 10.5. The lowest BCUT2D eigenvalue weighted by atomic mass is 10.0. The molecular formula is C15H25NO3. The van der Waals surface area contributed by atoms with Crippen LogP contribution < -0.4 is 14.8 Å². The van der Waals surface area contributed by atoms with Crippen LogP contribution in [0.15, 0.2) is 18.2 Å². The molecule has 0 radical (unpaired) electrons. The fourth-order valence-electron chi connectivity index (χ4n) is 1.86. The van der Waals surface area contributed by atoms with Crippen molar-refractivity contribution < 1.29 is 14.6 Å². The van der Waals surface area contributed by atoms with Crippen molar-refractivity contribution in [2.45, 2.75) is 38.8 Å². The summed E-state index contributed by atoms with van der Waals surface area (Å²) in [5, 5.41) is 13.0. The molecule has 0 aromatic heterocycles. The van der Waals surface area contributed by atoms with Gasteiger partial charge in [-0.1, -0.05) is 6.07 Å². The maximum absolute atomic E-state index is 9.68. The average Bonchev–Trinajstić information content (AvgIpc) is 2.35. The van der Waals surface area contributed by atoms with Crippen LogP contribution >= 0.6 is 0 Å². The van der Waals surface area contributed by atoms with Crippen molar-refractivity contribution in [2.24, 2.45) is 0 Å². The smallest absolute Gasteiger partial charge is 0.160 e. The van der Waals surface area contributed by atoms with Gasteiger partial charge >= 0.3 is 0 Å². The molecule has 0 bridgehead atoms.